The van der Waals surface area contributed by atoms with Crippen LogP contribution in [0.15, 0.2) is 17.5 Å². The van der Waals surface area contributed by atoms with Crippen LogP contribution in [0.1, 0.15) is 31.6 Å². The Hall–Kier alpha value is -0.580. The summed E-state index contributed by atoms with van der Waals surface area (Å²) in [5, 5.41) is 4.89. The first-order chi connectivity index (χ1) is 7.59. The molecule has 0 saturated carbocycles. The third-order valence-corrected chi connectivity index (χ3v) is 3.84. The number of nitrogens with one attached hydrogen (secondary N) is 1. The van der Waals surface area contributed by atoms with Gasteiger partial charge in [0.2, 0.25) is 5.91 Å². The van der Waals surface area contributed by atoms with Crippen LogP contribution in [0.25, 0.3) is 0 Å². The molecule has 3 N–H and O–H groups in total. The van der Waals surface area contributed by atoms with Gasteiger partial charge in [-0.25, -0.2) is 0 Å². The Balaban J connectivity index is 0.00000256. The lowest BCUT2D eigenvalue weighted by Gasteiger charge is -2.26. The highest BCUT2D eigenvalue weighted by Gasteiger charge is 2.20. The van der Waals surface area contributed by atoms with Crippen molar-refractivity contribution in [3.05, 3.63) is 22.4 Å². The Morgan fingerprint density at radius 2 is 2.12 bits per heavy atom. The molecule has 1 heterocycles. The lowest BCUT2D eigenvalue weighted by Crippen LogP contribution is -2.49. The molecule has 1 rings (SSSR count). The van der Waals surface area contributed by atoms with Gasteiger partial charge in [-0.15, -0.1) is 23.7 Å². The zero-order valence-corrected chi connectivity index (χ0v) is 12.0. The fourth-order valence-corrected chi connectivity index (χ4v) is 2.11. The van der Waals surface area contributed by atoms with Gasteiger partial charge in [0.05, 0.1) is 6.42 Å². The van der Waals surface area contributed by atoms with E-state index in [-0.39, 0.29) is 23.9 Å². The standard InChI is InChI=1S/C12H20N2OS.ClH/c1-3-12(13,4-2)9-14-11(15)8-10-6-5-7-16-10;/h5-7H,3-4,8-9,13H2,1-2H3,(H,14,15);1H. The first-order valence-electron chi connectivity index (χ1n) is 5.67. The summed E-state index contributed by atoms with van der Waals surface area (Å²) >= 11 is 1.60. The molecule has 0 bridgehead atoms. The molecule has 1 aromatic rings. The van der Waals surface area contributed by atoms with Crippen molar-refractivity contribution < 1.29 is 4.79 Å². The number of hydrogen-bond donors (Lipinski definition) is 2. The molecule has 1 aromatic heterocycles. The van der Waals surface area contributed by atoms with E-state index < -0.39 is 0 Å². The van der Waals surface area contributed by atoms with Gasteiger partial charge in [-0.05, 0) is 24.3 Å². The highest BCUT2D eigenvalue weighted by Crippen LogP contribution is 2.11. The normalized spacial score (nSPS) is 10.8. The molecule has 3 nitrogen and oxygen atoms in total. The fourth-order valence-electron chi connectivity index (χ4n) is 1.41. The SMILES string of the molecule is CCC(N)(CC)CNC(=O)Cc1cccs1.Cl. The summed E-state index contributed by atoms with van der Waals surface area (Å²) < 4.78 is 0. The van der Waals surface area contributed by atoms with E-state index in [2.05, 4.69) is 19.2 Å². The van der Waals surface area contributed by atoms with E-state index >= 15 is 0 Å². The monoisotopic (exact) mass is 276 g/mol. The van der Waals surface area contributed by atoms with E-state index in [1.807, 2.05) is 17.5 Å². The molecular weight excluding hydrogens is 256 g/mol. The van der Waals surface area contributed by atoms with E-state index in [1.165, 1.54) is 0 Å². The molecule has 0 spiro atoms. The zero-order valence-electron chi connectivity index (χ0n) is 10.4. The summed E-state index contributed by atoms with van der Waals surface area (Å²) in [6.45, 7) is 4.66. The number of rotatable bonds is 6. The van der Waals surface area contributed by atoms with Crippen molar-refractivity contribution in [2.24, 2.45) is 5.73 Å². The molecule has 0 aliphatic heterocycles. The highest BCUT2D eigenvalue weighted by atomic mass is 35.5. The predicted octanol–water partition coefficient (Wildman–Crippen LogP) is 2.35. The van der Waals surface area contributed by atoms with Gasteiger partial charge in [-0.3, -0.25) is 4.79 Å². The molecule has 0 aromatic carbocycles. The molecule has 0 aliphatic rings. The second-order valence-electron chi connectivity index (χ2n) is 4.10. The van der Waals surface area contributed by atoms with E-state index in [0.717, 1.165) is 17.7 Å². The second kappa shape index (κ2) is 7.69. The summed E-state index contributed by atoms with van der Waals surface area (Å²) in [5.74, 6) is 0.0548. The van der Waals surface area contributed by atoms with Crippen LogP contribution in [0.4, 0.5) is 0 Å². The molecule has 0 aliphatic carbocycles. The van der Waals surface area contributed by atoms with Crippen LogP contribution < -0.4 is 11.1 Å². The second-order valence-corrected chi connectivity index (χ2v) is 5.13. The van der Waals surface area contributed by atoms with Crippen molar-refractivity contribution in [2.45, 2.75) is 38.6 Å². The van der Waals surface area contributed by atoms with Gasteiger partial charge in [-0.2, -0.15) is 0 Å². The first kappa shape index (κ1) is 16.4. The van der Waals surface area contributed by atoms with Crippen molar-refractivity contribution in [2.75, 3.05) is 6.54 Å². The van der Waals surface area contributed by atoms with Crippen molar-refractivity contribution in [1.29, 1.82) is 0 Å². The predicted molar refractivity (Wildman–Crippen MR) is 75.8 cm³/mol. The molecular formula is C12H21ClN2OS. The number of carbonyl (C=O) groups is 1. The Morgan fingerprint density at radius 3 is 2.59 bits per heavy atom. The van der Waals surface area contributed by atoms with Gasteiger partial charge >= 0.3 is 0 Å². The number of halogens is 1. The number of amides is 1. The average molecular weight is 277 g/mol. The van der Waals surface area contributed by atoms with Crippen LogP contribution in [-0.4, -0.2) is 18.0 Å². The Morgan fingerprint density at radius 1 is 1.47 bits per heavy atom. The van der Waals surface area contributed by atoms with E-state index in [9.17, 15) is 4.79 Å². The topological polar surface area (TPSA) is 55.1 Å². The van der Waals surface area contributed by atoms with Crippen molar-refractivity contribution in [3.8, 4) is 0 Å². The van der Waals surface area contributed by atoms with Gasteiger partial charge in [0, 0.05) is 17.0 Å². The molecule has 0 unspecified atom stereocenters. The van der Waals surface area contributed by atoms with Crippen LogP contribution in [0, 0.1) is 0 Å². The molecule has 0 fully saturated rings. The third kappa shape index (κ3) is 5.52. The molecule has 0 atom stereocenters. The van der Waals surface area contributed by atoms with Gasteiger partial charge in [-0.1, -0.05) is 19.9 Å². The lowest BCUT2D eigenvalue weighted by atomic mass is 9.94. The fraction of sp³-hybridized carbons (Fsp3) is 0.583. The largest absolute Gasteiger partial charge is 0.354 e. The Kier molecular flexibility index (Phi) is 7.43. The number of thiophene rings is 1. The van der Waals surface area contributed by atoms with Crippen LogP contribution in [-0.2, 0) is 11.2 Å². The van der Waals surface area contributed by atoms with Crippen LogP contribution in [0.2, 0.25) is 0 Å². The van der Waals surface area contributed by atoms with Gasteiger partial charge in [0.15, 0.2) is 0 Å². The maximum atomic E-state index is 11.6. The van der Waals surface area contributed by atoms with Gasteiger partial charge in [0.1, 0.15) is 0 Å². The summed E-state index contributed by atoms with van der Waals surface area (Å²) in [7, 11) is 0. The van der Waals surface area contributed by atoms with Crippen LogP contribution in [0.3, 0.4) is 0 Å². The Bertz CT molecular complexity index is 323. The molecule has 0 saturated heterocycles. The smallest absolute Gasteiger partial charge is 0.225 e. The quantitative estimate of drug-likeness (QED) is 0.838. The van der Waals surface area contributed by atoms with Crippen molar-refractivity contribution >= 4 is 29.7 Å². The van der Waals surface area contributed by atoms with Crippen molar-refractivity contribution in [3.63, 3.8) is 0 Å². The molecule has 17 heavy (non-hydrogen) atoms. The minimum absolute atomic E-state index is 0. The molecule has 5 heteroatoms. The molecule has 0 radical (unpaired) electrons. The summed E-state index contributed by atoms with van der Waals surface area (Å²) in [5.41, 5.74) is 5.85. The highest BCUT2D eigenvalue weighted by molar-refractivity contribution is 7.10. The van der Waals surface area contributed by atoms with Crippen LogP contribution in [0.5, 0.6) is 0 Å². The van der Waals surface area contributed by atoms with Crippen LogP contribution >= 0.6 is 23.7 Å². The molecule has 98 valence electrons. The minimum Gasteiger partial charge on any atom is -0.354 e. The maximum absolute atomic E-state index is 11.6. The summed E-state index contributed by atoms with van der Waals surface area (Å²) in [6, 6.07) is 3.93. The number of nitrogens with two attached hydrogens (primary N) is 1. The van der Waals surface area contributed by atoms with E-state index in [4.69, 9.17) is 5.73 Å². The lowest BCUT2D eigenvalue weighted by molar-refractivity contribution is -0.120. The average Bonchev–Trinajstić information content (AvgIpc) is 2.79. The van der Waals surface area contributed by atoms with E-state index in [1.54, 1.807) is 11.3 Å². The van der Waals surface area contributed by atoms with Crippen molar-refractivity contribution in [1.82, 2.24) is 5.32 Å². The number of carbonyl (C=O) groups excluding carboxylic acids is 1. The van der Waals surface area contributed by atoms with E-state index in [0.29, 0.717) is 13.0 Å². The minimum atomic E-state index is -0.259. The third-order valence-electron chi connectivity index (χ3n) is 2.96. The van der Waals surface area contributed by atoms with Gasteiger partial charge in [0.25, 0.3) is 0 Å². The maximum Gasteiger partial charge on any atom is 0.225 e. The first-order valence-corrected chi connectivity index (χ1v) is 6.55. The summed E-state index contributed by atoms with van der Waals surface area (Å²) in [6.07, 6.45) is 2.22. The Labute approximate surface area is 113 Å². The molecule has 1 amide bonds. The zero-order chi connectivity index (χ0) is 12.0. The summed E-state index contributed by atoms with van der Waals surface area (Å²) in [4.78, 5) is 12.7. The number of hydrogen-bond acceptors (Lipinski definition) is 3. The van der Waals surface area contributed by atoms with Gasteiger partial charge < -0.3 is 11.1 Å².